The van der Waals surface area contributed by atoms with E-state index in [1.165, 1.54) is 50.9 Å². The second kappa shape index (κ2) is 23.1. The fourth-order valence-electron chi connectivity index (χ4n) is 5.70. The van der Waals surface area contributed by atoms with Crippen LogP contribution < -0.4 is 16.7 Å². The maximum atomic E-state index is 12.4. The van der Waals surface area contributed by atoms with Crippen molar-refractivity contribution in [2.24, 2.45) is 0 Å². The van der Waals surface area contributed by atoms with Crippen molar-refractivity contribution in [3.05, 3.63) is 173 Å². The fourth-order valence-corrected chi connectivity index (χ4v) is 10.2. The fraction of sp³-hybridized carbons (Fsp3) is 0.286. The Morgan fingerprint density at radius 3 is 1.05 bits per heavy atom. The summed E-state index contributed by atoms with van der Waals surface area (Å²) in [4.78, 5) is 47.7. The highest BCUT2D eigenvalue weighted by molar-refractivity contribution is 7.91. The molecule has 0 aliphatic rings. The van der Waals surface area contributed by atoms with E-state index in [4.69, 9.17) is 34.8 Å². The molecule has 0 saturated carbocycles. The van der Waals surface area contributed by atoms with E-state index in [0.29, 0.717) is 51.4 Å². The minimum absolute atomic E-state index is 0.274. The van der Waals surface area contributed by atoms with Gasteiger partial charge < -0.3 is 13.7 Å². The average Bonchev–Trinajstić information content (AvgIpc) is 3.24. The third-order valence-corrected chi connectivity index (χ3v) is 14.4. The molecule has 63 heavy (non-hydrogen) atoms. The van der Waals surface area contributed by atoms with Crippen LogP contribution in [-0.2, 0) is 66.4 Å². The van der Waals surface area contributed by atoms with Gasteiger partial charge in [0, 0.05) is 71.9 Å². The molecule has 0 atom stereocenters. The number of hydrogen-bond acceptors (Lipinski definition) is 12. The van der Waals surface area contributed by atoms with Crippen LogP contribution in [0.4, 0.5) is 0 Å². The number of benzene rings is 3. The largest absolute Gasteiger partial charge is 0.312 e. The number of hydrogen-bond donors (Lipinski definition) is 0. The standard InChI is InChI=1S/C15H17ClN2O3S.C14H15ClN2O3S.C13H13ClN2O3S/c1-2-3-9-18-10-8-17-14(15(18)19)22(20,21)11-12-4-6-13(16)7-5-12;1-2-8-17-9-7-16-13(14(17)18)21(19,20)10-11-3-5-12(15)6-4-11;1-2-16-8-7-15-12(13(16)17)20(18,19)9-10-3-5-11(14)6-4-10/h4-8,10H,2-3,9,11H2,1H3;3-7,9H,2,8,10H2,1H3;3-8H,2,9H2,1H3. The van der Waals surface area contributed by atoms with Crippen LogP contribution >= 0.6 is 34.8 Å². The minimum Gasteiger partial charge on any atom is -0.312 e. The van der Waals surface area contributed by atoms with Gasteiger partial charge in [0.15, 0.2) is 0 Å². The summed E-state index contributed by atoms with van der Waals surface area (Å²) in [5.74, 6) is -0.827. The van der Waals surface area contributed by atoms with Gasteiger partial charge in [-0.25, -0.2) is 40.2 Å². The van der Waals surface area contributed by atoms with E-state index >= 15 is 0 Å². The molecule has 0 bridgehead atoms. The van der Waals surface area contributed by atoms with Crippen LogP contribution in [0.25, 0.3) is 0 Å². The third kappa shape index (κ3) is 14.5. The maximum Gasteiger partial charge on any atom is 0.288 e. The van der Waals surface area contributed by atoms with E-state index in [0.717, 1.165) is 19.3 Å². The quantitative estimate of drug-likeness (QED) is 0.104. The van der Waals surface area contributed by atoms with Gasteiger partial charge in [-0.3, -0.25) is 14.4 Å². The SMILES string of the molecule is CCCCn1ccnc(S(=O)(=O)Cc2ccc(Cl)cc2)c1=O.CCCn1ccnc(S(=O)(=O)Cc2ccc(Cl)cc2)c1=O.CCn1ccnc(S(=O)(=O)Cc2ccc(Cl)cc2)c1=O. The van der Waals surface area contributed by atoms with Crippen molar-refractivity contribution in [3.8, 4) is 0 Å². The summed E-state index contributed by atoms with van der Waals surface area (Å²) in [5.41, 5.74) is -0.0502. The Hall–Kier alpha value is -4.98. The molecule has 6 rings (SSSR count). The summed E-state index contributed by atoms with van der Waals surface area (Å²) in [6.45, 7) is 7.02. The van der Waals surface area contributed by atoms with E-state index in [2.05, 4.69) is 15.0 Å². The topological polar surface area (TPSA) is 207 Å². The Labute approximate surface area is 380 Å². The monoisotopic (exact) mass is 978 g/mol. The Bertz CT molecular complexity index is 3000. The molecule has 0 radical (unpaired) electrons. The molecule has 336 valence electrons. The van der Waals surface area contributed by atoms with Crippen molar-refractivity contribution in [3.63, 3.8) is 0 Å². The second-order valence-corrected chi connectivity index (χ2v) is 20.8. The van der Waals surface area contributed by atoms with Gasteiger partial charge in [0.2, 0.25) is 44.6 Å². The molecule has 0 fully saturated rings. The van der Waals surface area contributed by atoms with Gasteiger partial charge in [-0.05, 0) is 72.9 Å². The van der Waals surface area contributed by atoms with Crippen LogP contribution in [0.15, 0.2) is 139 Å². The van der Waals surface area contributed by atoms with Crippen LogP contribution in [0, 0.1) is 0 Å². The number of aromatic nitrogens is 6. The minimum atomic E-state index is -3.79. The molecule has 0 aliphatic heterocycles. The molecule has 0 amide bonds. The van der Waals surface area contributed by atoms with Crippen LogP contribution in [0.2, 0.25) is 15.1 Å². The van der Waals surface area contributed by atoms with Crippen LogP contribution in [0.3, 0.4) is 0 Å². The van der Waals surface area contributed by atoms with Gasteiger partial charge in [-0.1, -0.05) is 91.5 Å². The molecule has 15 nitrogen and oxygen atoms in total. The molecular weight excluding hydrogens is 935 g/mol. The highest BCUT2D eigenvalue weighted by Crippen LogP contribution is 2.17. The zero-order valence-corrected chi connectivity index (χ0v) is 39.2. The predicted octanol–water partition coefficient (Wildman–Crippen LogP) is 6.84. The lowest BCUT2D eigenvalue weighted by Gasteiger charge is -2.07. The van der Waals surface area contributed by atoms with E-state index in [1.54, 1.807) is 79.7 Å². The summed E-state index contributed by atoms with van der Waals surface area (Å²) in [6, 6.07) is 19.4. The summed E-state index contributed by atoms with van der Waals surface area (Å²) in [5, 5.41) is 0.351. The van der Waals surface area contributed by atoms with Gasteiger partial charge in [-0.2, -0.15) is 0 Å². The van der Waals surface area contributed by atoms with Crippen molar-refractivity contribution in [1.82, 2.24) is 28.7 Å². The highest BCUT2D eigenvalue weighted by atomic mass is 35.5. The van der Waals surface area contributed by atoms with E-state index < -0.39 is 61.3 Å². The van der Waals surface area contributed by atoms with E-state index in [1.807, 2.05) is 13.8 Å². The molecule has 0 saturated heterocycles. The summed E-state index contributed by atoms with van der Waals surface area (Å²) in [7, 11) is -11.4. The van der Waals surface area contributed by atoms with Crippen LogP contribution in [0.1, 0.15) is 56.7 Å². The normalized spacial score (nSPS) is 11.5. The number of aryl methyl sites for hydroxylation is 3. The van der Waals surface area contributed by atoms with Crippen molar-refractivity contribution >= 4 is 64.3 Å². The lowest BCUT2D eigenvalue weighted by molar-refractivity contribution is 0.570. The number of rotatable bonds is 15. The van der Waals surface area contributed by atoms with Crippen LogP contribution in [-0.4, -0.2) is 53.9 Å². The third-order valence-electron chi connectivity index (χ3n) is 8.90. The lowest BCUT2D eigenvalue weighted by Crippen LogP contribution is -2.27. The second-order valence-electron chi connectivity index (χ2n) is 13.8. The number of halogens is 3. The van der Waals surface area contributed by atoms with Crippen LogP contribution in [0.5, 0.6) is 0 Å². The first-order valence-corrected chi connectivity index (χ1v) is 25.5. The Balaban J connectivity index is 0.000000208. The first kappa shape index (κ1) is 50.7. The van der Waals surface area contributed by atoms with E-state index in [9.17, 15) is 39.6 Å². The zero-order valence-electron chi connectivity index (χ0n) is 34.5. The molecule has 0 unspecified atom stereocenters. The number of nitrogens with zero attached hydrogens (tertiary/aromatic N) is 6. The number of unbranched alkanes of at least 4 members (excludes halogenated alkanes) is 1. The molecule has 0 N–H and O–H groups in total. The van der Waals surface area contributed by atoms with Gasteiger partial charge in [0.05, 0.1) is 17.3 Å². The molecule has 0 spiro atoms. The summed E-state index contributed by atoms with van der Waals surface area (Å²) in [6.07, 6.45) is 10.9. The molecule has 21 heteroatoms. The average molecular weight is 980 g/mol. The molecule has 3 heterocycles. The smallest absolute Gasteiger partial charge is 0.288 e. The summed E-state index contributed by atoms with van der Waals surface area (Å²) < 4.78 is 78.2. The lowest BCUT2D eigenvalue weighted by atomic mass is 10.2. The van der Waals surface area contributed by atoms with Crippen molar-refractivity contribution in [2.45, 2.75) is 92.0 Å². The molecule has 6 aromatic rings. The van der Waals surface area contributed by atoms with Crippen molar-refractivity contribution < 1.29 is 25.3 Å². The zero-order chi connectivity index (χ0) is 46.4. The first-order valence-electron chi connectivity index (χ1n) is 19.4. The maximum absolute atomic E-state index is 12.4. The van der Waals surface area contributed by atoms with Gasteiger partial charge in [0.25, 0.3) is 16.7 Å². The first-order chi connectivity index (χ1) is 29.8. The summed E-state index contributed by atoms with van der Waals surface area (Å²) >= 11 is 17.3. The van der Waals surface area contributed by atoms with Gasteiger partial charge in [-0.15, -0.1) is 0 Å². The van der Waals surface area contributed by atoms with E-state index in [-0.39, 0.29) is 17.3 Å². The molecular formula is C42H45Cl3N6O9S3. The number of sulfone groups is 3. The Morgan fingerprint density at radius 1 is 0.444 bits per heavy atom. The van der Waals surface area contributed by atoms with Gasteiger partial charge in [0.1, 0.15) is 0 Å². The highest BCUT2D eigenvalue weighted by Gasteiger charge is 2.24. The predicted molar refractivity (Wildman–Crippen MR) is 243 cm³/mol. The van der Waals surface area contributed by atoms with Gasteiger partial charge >= 0.3 is 0 Å². The van der Waals surface area contributed by atoms with Crippen molar-refractivity contribution in [1.29, 1.82) is 0 Å². The molecule has 3 aromatic heterocycles. The molecule has 0 aliphatic carbocycles. The Kier molecular flexibility index (Phi) is 18.6. The Morgan fingerprint density at radius 2 is 0.746 bits per heavy atom. The van der Waals surface area contributed by atoms with Crippen molar-refractivity contribution in [2.75, 3.05) is 0 Å². The molecule has 3 aromatic carbocycles.